The lowest BCUT2D eigenvalue weighted by Crippen LogP contribution is -2.02. The molecular formula is C12H14N4. The Bertz CT molecular complexity index is 442. The summed E-state index contributed by atoms with van der Waals surface area (Å²) in [7, 11) is 0. The van der Waals surface area contributed by atoms with Gasteiger partial charge in [0.15, 0.2) is 0 Å². The summed E-state index contributed by atoms with van der Waals surface area (Å²) in [5.74, 6) is 0. The number of pyridine rings is 2. The van der Waals surface area contributed by atoms with Gasteiger partial charge in [-0.05, 0) is 29.3 Å². The van der Waals surface area contributed by atoms with Crippen LogP contribution in [0.3, 0.4) is 0 Å². The third kappa shape index (κ3) is 2.77. The lowest BCUT2D eigenvalue weighted by atomic mass is 10.2. The lowest BCUT2D eigenvalue weighted by molar-refractivity contribution is 1.04. The van der Waals surface area contributed by atoms with E-state index >= 15 is 0 Å². The van der Waals surface area contributed by atoms with Crippen LogP contribution in [0.5, 0.6) is 0 Å². The third-order valence-corrected chi connectivity index (χ3v) is 2.28. The molecule has 16 heavy (non-hydrogen) atoms. The largest absolute Gasteiger partial charge is 0.380 e. The first kappa shape index (κ1) is 10.6. The van der Waals surface area contributed by atoms with Crippen LogP contribution in [0.25, 0.3) is 0 Å². The SMILES string of the molecule is NCc1cncc(NCc2ccncc2)c1. The molecule has 0 fully saturated rings. The van der Waals surface area contributed by atoms with Crippen molar-refractivity contribution in [2.24, 2.45) is 5.73 Å². The van der Waals surface area contributed by atoms with Crippen molar-refractivity contribution < 1.29 is 0 Å². The summed E-state index contributed by atoms with van der Waals surface area (Å²) in [4.78, 5) is 8.08. The van der Waals surface area contributed by atoms with Gasteiger partial charge in [0.2, 0.25) is 0 Å². The van der Waals surface area contributed by atoms with Gasteiger partial charge in [0.05, 0.1) is 5.69 Å². The second-order valence-corrected chi connectivity index (χ2v) is 3.50. The number of nitrogens with zero attached hydrogens (tertiary/aromatic N) is 2. The molecular weight excluding hydrogens is 200 g/mol. The molecule has 0 atom stereocenters. The normalized spacial score (nSPS) is 10.1. The van der Waals surface area contributed by atoms with Crippen LogP contribution in [0.2, 0.25) is 0 Å². The first-order chi connectivity index (χ1) is 7.88. The number of hydrogen-bond acceptors (Lipinski definition) is 4. The first-order valence-electron chi connectivity index (χ1n) is 5.15. The fourth-order valence-electron chi connectivity index (χ4n) is 1.40. The van der Waals surface area contributed by atoms with Crippen LogP contribution in [-0.4, -0.2) is 9.97 Å². The van der Waals surface area contributed by atoms with E-state index in [0.717, 1.165) is 17.8 Å². The quantitative estimate of drug-likeness (QED) is 0.810. The van der Waals surface area contributed by atoms with E-state index in [0.29, 0.717) is 6.54 Å². The van der Waals surface area contributed by atoms with E-state index in [4.69, 9.17) is 5.73 Å². The lowest BCUT2D eigenvalue weighted by Gasteiger charge is -2.06. The fraction of sp³-hybridized carbons (Fsp3) is 0.167. The molecule has 2 aromatic heterocycles. The molecule has 2 heterocycles. The van der Waals surface area contributed by atoms with E-state index in [2.05, 4.69) is 15.3 Å². The molecule has 0 radical (unpaired) electrons. The molecule has 3 N–H and O–H groups in total. The van der Waals surface area contributed by atoms with Gasteiger partial charge in [0.25, 0.3) is 0 Å². The summed E-state index contributed by atoms with van der Waals surface area (Å²) in [6.07, 6.45) is 7.13. The minimum Gasteiger partial charge on any atom is -0.380 e. The van der Waals surface area contributed by atoms with Crippen molar-refractivity contribution in [1.82, 2.24) is 9.97 Å². The molecule has 82 valence electrons. The van der Waals surface area contributed by atoms with Crippen LogP contribution < -0.4 is 11.1 Å². The average molecular weight is 214 g/mol. The van der Waals surface area contributed by atoms with Gasteiger partial charge in [-0.3, -0.25) is 9.97 Å². The topological polar surface area (TPSA) is 63.8 Å². The van der Waals surface area contributed by atoms with Crippen molar-refractivity contribution >= 4 is 5.69 Å². The van der Waals surface area contributed by atoms with Crippen molar-refractivity contribution in [3.05, 3.63) is 54.1 Å². The van der Waals surface area contributed by atoms with Gasteiger partial charge in [-0.25, -0.2) is 0 Å². The number of nitrogens with one attached hydrogen (secondary N) is 1. The van der Waals surface area contributed by atoms with Crippen LogP contribution >= 0.6 is 0 Å². The van der Waals surface area contributed by atoms with E-state index in [1.807, 2.05) is 18.2 Å². The van der Waals surface area contributed by atoms with Gasteiger partial charge in [0, 0.05) is 37.9 Å². The molecule has 0 aliphatic rings. The summed E-state index contributed by atoms with van der Waals surface area (Å²) in [6, 6.07) is 5.97. The molecule has 0 saturated carbocycles. The van der Waals surface area contributed by atoms with Gasteiger partial charge in [-0.15, -0.1) is 0 Å². The zero-order valence-electron chi connectivity index (χ0n) is 8.93. The van der Waals surface area contributed by atoms with Gasteiger partial charge in [-0.2, -0.15) is 0 Å². The second-order valence-electron chi connectivity index (χ2n) is 3.50. The molecule has 2 rings (SSSR count). The minimum atomic E-state index is 0.512. The Hall–Kier alpha value is -1.94. The highest BCUT2D eigenvalue weighted by molar-refractivity contribution is 5.43. The Morgan fingerprint density at radius 3 is 2.62 bits per heavy atom. The fourth-order valence-corrected chi connectivity index (χ4v) is 1.40. The van der Waals surface area contributed by atoms with Crippen molar-refractivity contribution in [2.45, 2.75) is 13.1 Å². The van der Waals surface area contributed by atoms with E-state index < -0.39 is 0 Å². The molecule has 0 saturated heterocycles. The van der Waals surface area contributed by atoms with E-state index in [9.17, 15) is 0 Å². The molecule has 0 aliphatic heterocycles. The zero-order valence-corrected chi connectivity index (χ0v) is 8.93. The number of rotatable bonds is 4. The van der Waals surface area contributed by atoms with E-state index in [-0.39, 0.29) is 0 Å². The highest BCUT2D eigenvalue weighted by Crippen LogP contribution is 2.09. The molecule has 0 amide bonds. The molecule has 0 aliphatic carbocycles. The maximum Gasteiger partial charge on any atom is 0.0532 e. The number of nitrogens with two attached hydrogens (primary N) is 1. The Balaban J connectivity index is 1.99. The highest BCUT2D eigenvalue weighted by Gasteiger charge is 1.95. The van der Waals surface area contributed by atoms with Gasteiger partial charge in [-0.1, -0.05) is 0 Å². The molecule has 4 heteroatoms. The summed E-state index contributed by atoms with van der Waals surface area (Å²) in [6.45, 7) is 1.27. The number of aromatic nitrogens is 2. The van der Waals surface area contributed by atoms with Crippen LogP contribution in [0.15, 0.2) is 43.0 Å². The summed E-state index contributed by atoms with van der Waals surface area (Å²) < 4.78 is 0. The molecule has 0 bridgehead atoms. The Kier molecular flexibility index (Phi) is 3.46. The van der Waals surface area contributed by atoms with Crippen molar-refractivity contribution in [1.29, 1.82) is 0 Å². The van der Waals surface area contributed by atoms with Crippen molar-refractivity contribution in [3.63, 3.8) is 0 Å². The molecule has 0 aromatic carbocycles. The molecule has 0 spiro atoms. The predicted octanol–water partition coefficient (Wildman–Crippen LogP) is 1.55. The van der Waals surface area contributed by atoms with Crippen molar-refractivity contribution in [2.75, 3.05) is 5.32 Å². The van der Waals surface area contributed by atoms with Crippen LogP contribution in [-0.2, 0) is 13.1 Å². The van der Waals surface area contributed by atoms with Crippen LogP contribution in [0.4, 0.5) is 5.69 Å². The van der Waals surface area contributed by atoms with Gasteiger partial charge < -0.3 is 11.1 Å². The zero-order chi connectivity index (χ0) is 11.2. The molecule has 2 aromatic rings. The number of hydrogen-bond donors (Lipinski definition) is 2. The summed E-state index contributed by atoms with van der Waals surface area (Å²) in [5.41, 5.74) is 8.75. The average Bonchev–Trinajstić information content (AvgIpc) is 2.38. The smallest absolute Gasteiger partial charge is 0.0532 e. The second kappa shape index (κ2) is 5.23. The standard InChI is InChI=1S/C12H14N4/c13-6-11-5-12(9-15-7-11)16-8-10-1-3-14-4-2-10/h1-5,7,9,16H,6,8,13H2. The molecule has 4 nitrogen and oxygen atoms in total. The van der Waals surface area contributed by atoms with Gasteiger partial charge in [0.1, 0.15) is 0 Å². The number of anilines is 1. The Morgan fingerprint density at radius 2 is 1.88 bits per heavy atom. The summed E-state index contributed by atoms with van der Waals surface area (Å²) in [5, 5.41) is 3.29. The maximum atomic E-state index is 5.55. The third-order valence-electron chi connectivity index (χ3n) is 2.28. The van der Waals surface area contributed by atoms with Crippen LogP contribution in [0.1, 0.15) is 11.1 Å². The minimum absolute atomic E-state index is 0.512. The first-order valence-corrected chi connectivity index (χ1v) is 5.15. The highest BCUT2D eigenvalue weighted by atomic mass is 14.9. The van der Waals surface area contributed by atoms with Crippen LogP contribution in [0, 0.1) is 0 Å². The van der Waals surface area contributed by atoms with Crippen molar-refractivity contribution in [3.8, 4) is 0 Å². The van der Waals surface area contributed by atoms with E-state index in [1.165, 1.54) is 5.56 Å². The Morgan fingerprint density at radius 1 is 1.06 bits per heavy atom. The summed E-state index contributed by atoms with van der Waals surface area (Å²) >= 11 is 0. The van der Waals surface area contributed by atoms with E-state index in [1.54, 1.807) is 24.8 Å². The van der Waals surface area contributed by atoms with Gasteiger partial charge >= 0.3 is 0 Å². The predicted molar refractivity (Wildman–Crippen MR) is 63.7 cm³/mol. The maximum absolute atomic E-state index is 5.55. The molecule has 0 unspecified atom stereocenters. The Labute approximate surface area is 94.5 Å². The monoisotopic (exact) mass is 214 g/mol.